The lowest BCUT2D eigenvalue weighted by Crippen LogP contribution is -3.00. The van der Waals surface area contributed by atoms with Crippen molar-refractivity contribution in [2.24, 2.45) is 0 Å². The van der Waals surface area contributed by atoms with Crippen LogP contribution in [0.25, 0.3) is 0 Å². The van der Waals surface area contributed by atoms with Crippen LogP contribution in [-0.4, -0.2) is 56.8 Å². The van der Waals surface area contributed by atoms with E-state index in [0.29, 0.717) is 17.7 Å². The third kappa shape index (κ3) is 1.91. The highest BCUT2D eigenvalue weighted by Crippen LogP contribution is 2.38. The second-order valence-electron chi connectivity index (χ2n) is 4.01. The standard InChI is InChI=1S/C9H16NO4.BrH/c1-10-3-5-13-9(10,14-6-4-10)7-8(11)12-2;/h3-7H2,1-2H3;1H/q+1;/p-1. The number of quaternary nitrogens is 1. The highest BCUT2D eigenvalue weighted by Gasteiger charge is 2.61. The maximum atomic E-state index is 11.3. The van der Waals surface area contributed by atoms with Crippen molar-refractivity contribution in [2.45, 2.75) is 12.3 Å². The Balaban J connectivity index is 0.00000112. The Morgan fingerprint density at radius 3 is 2.40 bits per heavy atom. The maximum Gasteiger partial charge on any atom is 0.330 e. The average molecular weight is 282 g/mol. The number of nitrogens with zero attached hydrogens (tertiary/aromatic N) is 1. The summed E-state index contributed by atoms with van der Waals surface area (Å²) in [5, 5.41) is 0. The molecule has 0 radical (unpaired) electrons. The number of halogens is 1. The van der Waals surface area contributed by atoms with Gasteiger partial charge in [-0.3, -0.25) is 18.8 Å². The van der Waals surface area contributed by atoms with Crippen molar-refractivity contribution >= 4 is 5.97 Å². The predicted molar refractivity (Wildman–Crippen MR) is 47.2 cm³/mol. The number of likely N-dealkylation sites (N-methyl/N-ethyl adjacent to an activating group) is 1. The smallest absolute Gasteiger partial charge is 0.330 e. The van der Waals surface area contributed by atoms with Gasteiger partial charge in [0, 0.05) is 0 Å². The quantitative estimate of drug-likeness (QED) is 0.393. The summed E-state index contributed by atoms with van der Waals surface area (Å²) in [6, 6.07) is 0. The van der Waals surface area contributed by atoms with Gasteiger partial charge in [0.1, 0.15) is 26.3 Å². The van der Waals surface area contributed by atoms with Crippen LogP contribution in [0, 0.1) is 0 Å². The molecule has 0 spiro atoms. The van der Waals surface area contributed by atoms with Crippen LogP contribution in [0.4, 0.5) is 0 Å². The largest absolute Gasteiger partial charge is 1.00 e. The molecular weight excluding hydrogens is 266 g/mol. The summed E-state index contributed by atoms with van der Waals surface area (Å²) >= 11 is 0. The van der Waals surface area contributed by atoms with Crippen LogP contribution in [0.2, 0.25) is 0 Å². The van der Waals surface area contributed by atoms with Crippen LogP contribution in [0.15, 0.2) is 0 Å². The molecule has 5 nitrogen and oxygen atoms in total. The van der Waals surface area contributed by atoms with E-state index in [4.69, 9.17) is 9.47 Å². The Bertz CT molecular complexity index is 248. The number of rotatable bonds is 2. The molecule has 2 aliphatic heterocycles. The van der Waals surface area contributed by atoms with E-state index in [1.54, 1.807) is 0 Å². The molecule has 0 saturated carbocycles. The van der Waals surface area contributed by atoms with E-state index in [1.807, 2.05) is 0 Å². The fraction of sp³-hybridized carbons (Fsp3) is 0.889. The Kier molecular flexibility index (Phi) is 3.76. The van der Waals surface area contributed by atoms with Crippen LogP contribution < -0.4 is 17.0 Å². The van der Waals surface area contributed by atoms with E-state index in [-0.39, 0.29) is 29.4 Å². The summed E-state index contributed by atoms with van der Waals surface area (Å²) in [6.07, 6.45) is 0.181. The lowest BCUT2D eigenvalue weighted by molar-refractivity contribution is -0.963. The summed E-state index contributed by atoms with van der Waals surface area (Å²) in [6.45, 7) is 3.09. The SMILES string of the molecule is COC(=O)CC12OCC[N+]1(C)CCO2.[Br-]. The minimum Gasteiger partial charge on any atom is -1.00 e. The Morgan fingerprint density at radius 1 is 1.40 bits per heavy atom. The van der Waals surface area contributed by atoms with Gasteiger partial charge < -0.3 is 21.7 Å². The van der Waals surface area contributed by atoms with E-state index in [2.05, 4.69) is 11.8 Å². The molecule has 0 aromatic carbocycles. The normalized spacial score (nSPS) is 38.3. The second kappa shape index (κ2) is 4.37. The van der Waals surface area contributed by atoms with Gasteiger partial charge in [-0.05, 0) is 0 Å². The van der Waals surface area contributed by atoms with Gasteiger partial charge >= 0.3 is 11.9 Å². The molecule has 0 bridgehead atoms. The van der Waals surface area contributed by atoms with Crippen molar-refractivity contribution in [2.75, 3.05) is 40.5 Å². The molecule has 2 aliphatic rings. The van der Waals surface area contributed by atoms with E-state index in [0.717, 1.165) is 13.1 Å². The highest BCUT2D eigenvalue weighted by molar-refractivity contribution is 5.70. The van der Waals surface area contributed by atoms with Gasteiger partial charge in [0.15, 0.2) is 6.42 Å². The topological polar surface area (TPSA) is 44.8 Å². The summed E-state index contributed by atoms with van der Waals surface area (Å²) < 4.78 is 16.5. The van der Waals surface area contributed by atoms with Gasteiger partial charge in [0.2, 0.25) is 0 Å². The maximum absolute atomic E-state index is 11.3. The first-order valence-electron chi connectivity index (χ1n) is 4.81. The number of hydrogen-bond acceptors (Lipinski definition) is 4. The number of carbonyl (C=O) groups is 1. The van der Waals surface area contributed by atoms with Crippen molar-refractivity contribution in [1.29, 1.82) is 0 Å². The summed E-state index contributed by atoms with van der Waals surface area (Å²) in [5.74, 6) is -1.05. The predicted octanol–water partition coefficient (Wildman–Crippen LogP) is -3.29. The van der Waals surface area contributed by atoms with Gasteiger partial charge in [0.05, 0.1) is 14.2 Å². The molecule has 0 unspecified atom stereocenters. The summed E-state index contributed by atoms with van der Waals surface area (Å²) in [4.78, 5) is 11.3. The van der Waals surface area contributed by atoms with Crippen LogP contribution >= 0.6 is 0 Å². The molecule has 0 N–H and O–H groups in total. The molecule has 6 heteroatoms. The molecule has 0 aromatic heterocycles. The first kappa shape index (κ1) is 12.9. The highest BCUT2D eigenvalue weighted by atomic mass is 79.9. The van der Waals surface area contributed by atoms with Crippen LogP contribution in [0.5, 0.6) is 0 Å². The van der Waals surface area contributed by atoms with Gasteiger partial charge in [-0.25, -0.2) is 0 Å². The lowest BCUT2D eigenvalue weighted by Gasteiger charge is -2.34. The van der Waals surface area contributed by atoms with Crippen LogP contribution in [0.3, 0.4) is 0 Å². The average Bonchev–Trinajstić information content (AvgIpc) is 2.57. The van der Waals surface area contributed by atoms with Gasteiger partial charge in [-0.15, -0.1) is 0 Å². The third-order valence-corrected chi connectivity index (χ3v) is 3.24. The Morgan fingerprint density at radius 2 is 1.93 bits per heavy atom. The van der Waals surface area contributed by atoms with Crippen molar-refractivity contribution in [1.82, 2.24) is 0 Å². The molecule has 2 fully saturated rings. The molecule has 2 rings (SSSR count). The van der Waals surface area contributed by atoms with E-state index >= 15 is 0 Å². The Hall–Kier alpha value is -0.170. The number of hydrogen-bond donors (Lipinski definition) is 0. The lowest BCUT2D eigenvalue weighted by atomic mass is 10.2. The summed E-state index contributed by atoms with van der Waals surface area (Å²) in [7, 11) is 3.44. The first-order valence-corrected chi connectivity index (χ1v) is 4.81. The molecule has 0 aromatic rings. The van der Waals surface area contributed by atoms with Crippen molar-refractivity contribution in [3.8, 4) is 0 Å². The number of esters is 1. The zero-order chi connectivity index (χ0) is 10.2. The molecule has 0 aliphatic carbocycles. The Labute approximate surface area is 99.6 Å². The molecule has 2 saturated heterocycles. The van der Waals surface area contributed by atoms with E-state index in [1.165, 1.54) is 7.11 Å². The van der Waals surface area contributed by atoms with Crippen molar-refractivity contribution in [3.05, 3.63) is 0 Å². The fourth-order valence-corrected chi connectivity index (χ4v) is 2.17. The first-order chi connectivity index (χ1) is 6.62. The number of carbonyl (C=O) groups excluding carboxylic acids is 1. The minimum absolute atomic E-state index is 0. The molecule has 0 amide bonds. The van der Waals surface area contributed by atoms with Gasteiger partial charge in [-0.1, -0.05) is 0 Å². The van der Waals surface area contributed by atoms with Crippen LogP contribution in [-0.2, 0) is 19.0 Å². The number of fused-ring (bicyclic) bond motifs is 1. The van der Waals surface area contributed by atoms with Gasteiger partial charge in [0.25, 0.3) is 0 Å². The fourth-order valence-electron chi connectivity index (χ4n) is 2.17. The minimum atomic E-state index is -0.771. The molecule has 88 valence electrons. The molecular formula is C9H16BrNO4. The van der Waals surface area contributed by atoms with E-state index in [9.17, 15) is 4.79 Å². The van der Waals surface area contributed by atoms with Crippen molar-refractivity contribution < 1.29 is 40.5 Å². The zero-order valence-corrected chi connectivity index (χ0v) is 10.6. The van der Waals surface area contributed by atoms with E-state index < -0.39 is 5.91 Å². The molecule has 2 heterocycles. The monoisotopic (exact) mass is 281 g/mol. The molecule has 0 atom stereocenters. The summed E-state index contributed by atoms with van der Waals surface area (Å²) in [5.41, 5.74) is 0. The van der Waals surface area contributed by atoms with Crippen molar-refractivity contribution in [3.63, 3.8) is 0 Å². The second-order valence-corrected chi connectivity index (χ2v) is 4.01. The zero-order valence-electron chi connectivity index (χ0n) is 8.99. The molecule has 15 heavy (non-hydrogen) atoms. The third-order valence-electron chi connectivity index (χ3n) is 3.24. The number of methoxy groups -OCH3 is 1. The van der Waals surface area contributed by atoms with Gasteiger partial charge in [-0.2, -0.15) is 0 Å². The van der Waals surface area contributed by atoms with Crippen LogP contribution in [0.1, 0.15) is 6.42 Å². The number of ether oxygens (including phenoxy) is 3.